The fraction of sp³-hybridized carbons (Fsp3) is 0.364. The van der Waals surface area contributed by atoms with Crippen LogP contribution in [0.1, 0.15) is 48.6 Å². The molecule has 5 nitrogen and oxygen atoms in total. The second kappa shape index (κ2) is 7.06. The maximum Gasteiger partial charge on any atom is 0.223 e. The number of aromatic nitrogens is 3. The van der Waals surface area contributed by atoms with E-state index in [4.69, 9.17) is 5.10 Å². The highest BCUT2D eigenvalue weighted by atomic mass is 16.2. The highest BCUT2D eigenvalue weighted by Crippen LogP contribution is 2.31. The van der Waals surface area contributed by atoms with Crippen molar-refractivity contribution >= 4 is 5.91 Å². The maximum absolute atomic E-state index is 12.5. The first kappa shape index (κ1) is 17.6. The molecule has 0 spiro atoms. The molecule has 0 saturated carbocycles. The van der Waals surface area contributed by atoms with E-state index in [1.54, 1.807) is 0 Å². The molecule has 0 unspecified atom stereocenters. The first-order valence-electron chi connectivity index (χ1n) is 9.68. The van der Waals surface area contributed by atoms with E-state index in [-0.39, 0.29) is 5.91 Å². The van der Waals surface area contributed by atoms with Gasteiger partial charge in [0, 0.05) is 24.4 Å². The summed E-state index contributed by atoms with van der Waals surface area (Å²) in [5, 5.41) is 4.90. The van der Waals surface area contributed by atoms with E-state index in [1.807, 2.05) is 34.1 Å². The van der Waals surface area contributed by atoms with E-state index >= 15 is 0 Å². The Labute approximate surface area is 160 Å². The Bertz CT molecular complexity index is 969. The third kappa shape index (κ3) is 3.18. The van der Waals surface area contributed by atoms with Crippen LogP contribution in [0.15, 0.2) is 42.7 Å². The molecular formula is C22H26N4O. The van der Waals surface area contributed by atoms with Crippen LogP contribution in [0.2, 0.25) is 0 Å². The molecular weight excluding hydrogens is 336 g/mol. The average molecular weight is 362 g/mol. The molecule has 3 heterocycles. The van der Waals surface area contributed by atoms with Crippen molar-refractivity contribution in [3.8, 4) is 11.5 Å². The number of nitrogens with zero attached hydrogens (tertiary/aromatic N) is 4. The molecule has 0 N–H and O–H groups in total. The van der Waals surface area contributed by atoms with E-state index in [0.717, 1.165) is 35.6 Å². The van der Waals surface area contributed by atoms with E-state index in [9.17, 15) is 4.79 Å². The van der Waals surface area contributed by atoms with Crippen LogP contribution in [0.5, 0.6) is 0 Å². The summed E-state index contributed by atoms with van der Waals surface area (Å²) in [7, 11) is 0. The van der Waals surface area contributed by atoms with Crippen LogP contribution >= 0.6 is 0 Å². The zero-order chi connectivity index (χ0) is 19.0. The first-order chi connectivity index (χ1) is 13.1. The van der Waals surface area contributed by atoms with Crippen molar-refractivity contribution < 1.29 is 4.79 Å². The zero-order valence-electron chi connectivity index (χ0n) is 16.3. The Kier molecular flexibility index (Phi) is 4.60. The van der Waals surface area contributed by atoms with Crippen LogP contribution in [0.4, 0.5) is 0 Å². The van der Waals surface area contributed by atoms with E-state index < -0.39 is 0 Å². The minimum absolute atomic E-state index is 0.228. The predicted molar refractivity (Wildman–Crippen MR) is 106 cm³/mol. The van der Waals surface area contributed by atoms with Gasteiger partial charge in [0.05, 0.1) is 24.5 Å². The van der Waals surface area contributed by atoms with Gasteiger partial charge < -0.3 is 9.47 Å². The highest BCUT2D eigenvalue weighted by Gasteiger charge is 2.31. The smallest absolute Gasteiger partial charge is 0.223 e. The van der Waals surface area contributed by atoms with Crippen molar-refractivity contribution in [3.63, 3.8) is 0 Å². The number of carbonyl (C=O) groups excluding carboxylic acids is 1. The van der Waals surface area contributed by atoms with Gasteiger partial charge in [-0.3, -0.25) is 4.79 Å². The third-order valence-corrected chi connectivity index (χ3v) is 5.41. The monoisotopic (exact) mass is 362 g/mol. The second-order valence-electron chi connectivity index (χ2n) is 7.37. The average Bonchev–Trinajstić information content (AvgIpc) is 3.37. The lowest BCUT2D eigenvalue weighted by atomic mass is 10.1. The van der Waals surface area contributed by atoms with Gasteiger partial charge in [-0.2, -0.15) is 5.10 Å². The summed E-state index contributed by atoms with van der Waals surface area (Å²) in [5.41, 5.74) is 5.72. The summed E-state index contributed by atoms with van der Waals surface area (Å²) in [5.74, 6) is 1.26. The minimum Gasteiger partial charge on any atom is -0.332 e. The van der Waals surface area contributed by atoms with Gasteiger partial charge in [0.25, 0.3) is 0 Å². The summed E-state index contributed by atoms with van der Waals surface area (Å²) in [6.45, 7) is 7.60. The number of rotatable bonds is 5. The number of carbonyl (C=O) groups is 1. The molecule has 1 aliphatic heterocycles. The molecule has 0 fully saturated rings. The molecule has 0 aliphatic carbocycles. The number of benzene rings is 1. The molecule has 0 saturated heterocycles. The van der Waals surface area contributed by atoms with Gasteiger partial charge in [-0.05, 0) is 55.7 Å². The molecule has 2 aromatic heterocycles. The largest absolute Gasteiger partial charge is 0.332 e. The summed E-state index contributed by atoms with van der Waals surface area (Å²) in [6, 6.07) is 10.5. The molecule has 0 bridgehead atoms. The Morgan fingerprint density at radius 3 is 2.59 bits per heavy atom. The first-order valence-corrected chi connectivity index (χ1v) is 9.68. The number of amides is 1. The lowest BCUT2D eigenvalue weighted by molar-refractivity contribution is -0.131. The van der Waals surface area contributed by atoms with Gasteiger partial charge in [-0.1, -0.05) is 19.4 Å². The standard InChI is InChI=1S/C22H26N4O/c1-4-5-8-21(27)25-14-19-20(15-25)23-26(22(19)24-11-6-7-12-24)18-10-9-16(2)17(3)13-18/h6-7,9-13H,4-5,8,14-15H2,1-3H3. The number of hydrogen-bond acceptors (Lipinski definition) is 2. The van der Waals surface area contributed by atoms with Crippen LogP contribution < -0.4 is 0 Å². The van der Waals surface area contributed by atoms with Crippen LogP contribution in [-0.4, -0.2) is 25.2 Å². The summed E-state index contributed by atoms with van der Waals surface area (Å²) < 4.78 is 4.12. The van der Waals surface area contributed by atoms with Crippen molar-refractivity contribution in [2.24, 2.45) is 0 Å². The van der Waals surface area contributed by atoms with Crippen molar-refractivity contribution in [2.45, 2.75) is 53.1 Å². The second-order valence-corrected chi connectivity index (χ2v) is 7.37. The molecule has 1 aliphatic rings. The number of unbranched alkanes of at least 4 members (excludes halogenated alkanes) is 1. The van der Waals surface area contributed by atoms with E-state index in [0.29, 0.717) is 19.5 Å². The van der Waals surface area contributed by atoms with E-state index in [1.165, 1.54) is 11.1 Å². The van der Waals surface area contributed by atoms with Gasteiger partial charge in [-0.15, -0.1) is 0 Å². The predicted octanol–water partition coefficient (Wildman–Crippen LogP) is 4.31. The maximum atomic E-state index is 12.5. The van der Waals surface area contributed by atoms with Crippen molar-refractivity contribution in [1.29, 1.82) is 0 Å². The van der Waals surface area contributed by atoms with Crippen molar-refractivity contribution in [2.75, 3.05) is 0 Å². The van der Waals surface area contributed by atoms with Gasteiger partial charge in [0.1, 0.15) is 5.82 Å². The molecule has 27 heavy (non-hydrogen) atoms. The highest BCUT2D eigenvalue weighted by molar-refractivity contribution is 5.77. The van der Waals surface area contributed by atoms with Gasteiger partial charge in [-0.25, -0.2) is 4.68 Å². The lowest BCUT2D eigenvalue weighted by Gasteiger charge is -2.17. The van der Waals surface area contributed by atoms with Gasteiger partial charge >= 0.3 is 0 Å². The minimum atomic E-state index is 0.228. The Morgan fingerprint density at radius 2 is 1.89 bits per heavy atom. The fourth-order valence-corrected chi connectivity index (χ4v) is 3.64. The van der Waals surface area contributed by atoms with Gasteiger partial charge in [0.15, 0.2) is 0 Å². The molecule has 5 heteroatoms. The SMILES string of the molecule is CCCCC(=O)N1Cc2nn(-c3ccc(C)c(C)c3)c(-n3cccc3)c2C1. The number of fused-ring (bicyclic) bond motifs is 1. The summed E-state index contributed by atoms with van der Waals surface area (Å²) >= 11 is 0. The number of aryl methyl sites for hydroxylation is 2. The lowest BCUT2D eigenvalue weighted by Crippen LogP contribution is -2.26. The number of hydrogen-bond donors (Lipinski definition) is 0. The normalized spacial score (nSPS) is 13.2. The quantitative estimate of drug-likeness (QED) is 0.679. The van der Waals surface area contributed by atoms with Crippen LogP contribution in [-0.2, 0) is 17.9 Å². The molecule has 3 aromatic rings. The Hall–Kier alpha value is -2.82. The molecule has 1 aromatic carbocycles. The van der Waals surface area contributed by atoms with Gasteiger partial charge in [0.2, 0.25) is 5.91 Å². The van der Waals surface area contributed by atoms with Crippen LogP contribution in [0.3, 0.4) is 0 Å². The van der Waals surface area contributed by atoms with E-state index in [2.05, 4.69) is 43.5 Å². The molecule has 4 rings (SSSR count). The zero-order valence-corrected chi connectivity index (χ0v) is 16.3. The van der Waals surface area contributed by atoms with Crippen molar-refractivity contribution in [1.82, 2.24) is 19.2 Å². The fourth-order valence-electron chi connectivity index (χ4n) is 3.64. The van der Waals surface area contributed by atoms with Crippen LogP contribution in [0, 0.1) is 13.8 Å². The topological polar surface area (TPSA) is 43.1 Å². The third-order valence-electron chi connectivity index (χ3n) is 5.41. The molecule has 0 radical (unpaired) electrons. The van der Waals surface area contributed by atoms with Crippen molar-refractivity contribution in [3.05, 3.63) is 65.1 Å². The summed E-state index contributed by atoms with van der Waals surface area (Å²) in [4.78, 5) is 14.4. The summed E-state index contributed by atoms with van der Waals surface area (Å²) in [6.07, 6.45) is 6.68. The van der Waals surface area contributed by atoms with Crippen LogP contribution in [0.25, 0.3) is 11.5 Å². The molecule has 0 atom stereocenters. The Balaban J connectivity index is 1.74. The Morgan fingerprint density at radius 1 is 1.11 bits per heavy atom. The molecule has 1 amide bonds. The molecule has 140 valence electrons.